The van der Waals surface area contributed by atoms with E-state index in [4.69, 9.17) is 14.6 Å². The molecule has 4 nitrogen and oxygen atoms in total. The van der Waals surface area contributed by atoms with Gasteiger partial charge in [0.2, 0.25) is 0 Å². The Morgan fingerprint density at radius 3 is 2.24 bits per heavy atom. The van der Waals surface area contributed by atoms with Crippen molar-refractivity contribution in [1.29, 1.82) is 0 Å². The molecular weight excluding hydrogens is 538 g/mol. The Morgan fingerprint density at radius 2 is 1.59 bits per heavy atom. The van der Waals surface area contributed by atoms with Gasteiger partial charge < -0.3 is 14.6 Å². The van der Waals surface area contributed by atoms with Crippen molar-refractivity contribution in [3.8, 4) is 28.0 Å². The van der Waals surface area contributed by atoms with Crippen molar-refractivity contribution in [2.75, 3.05) is 13.2 Å². The van der Waals surface area contributed by atoms with E-state index in [2.05, 4.69) is 26.6 Å². The van der Waals surface area contributed by atoms with Gasteiger partial charge in [-0.1, -0.05) is 87.9 Å². The van der Waals surface area contributed by atoms with Crippen molar-refractivity contribution < 1.29 is 28.2 Å². The molecule has 0 radical (unpaired) electrons. The molecule has 1 N–H and O–H groups in total. The molecule has 0 atom stereocenters. The van der Waals surface area contributed by atoms with Crippen LogP contribution in [0.2, 0.25) is 19.1 Å². The van der Waals surface area contributed by atoms with Crippen LogP contribution in [0.3, 0.4) is 0 Å². The van der Waals surface area contributed by atoms with Crippen molar-refractivity contribution in [3.05, 3.63) is 83.9 Å². The average molecular weight is 581 g/mol. The Morgan fingerprint density at radius 1 is 0.902 bits per heavy atom. The van der Waals surface area contributed by atoms with Gasteiger partial charge >= 0.3 is 5.97 Å². The fourth-order valence-electron chi connectivity index (χ4n) is 4.74. The monoisotopic (exact) mass is 580 g/mol. The van der Waals surface area contributed by atoms with Crippen LogP contribution in [0.1, 0.15) is 51.5 Å². The summed E-state index contributed by atoms with van der Waals surface area (Å²) in [6.45, 7) is 12.2. The number of benzene rings is 3. The Kier molecular flexibility index (Phi) is 11.9. The largest absolute Gasteiger partial charge is 0.493 e. The Hall–Kier alpha value is -3.29. The molecule has 7 heteroatoms. The van der Waals surface area contributed by atoms with E-state index in [0.717, 1.165) is 49.3 Å². The zero-order chi connectivity index (χ0) is 30.0. The summed E-state index contributed by atoms with van der Waals surface area (Å²) >= 11 is 0. The number of esters is 1. The second-order valence-electron chi connectivity index (χ2n) is 11.2. The van der Waals surface area contributed by atoms with Crippen LogP contribution < -0.4 is 9.92 Å². The lowest BCUT2D eigenvalue weighted by Gasteiger charge is -2.24. The van der Waals surface area contributed by atoms with Crippen LogP contribution in [0.4, 0.5) is 8.78 Å². The van der Waals surface area contributed by atoms with Gasteiger partial charge in [0.15, 0.2) is 11.6 Å². The average Bonchev–Trinajstić information content (AvgIpc) is 2.96. The molecule has 0 heterocycles. The van der Waals surface area contributed by atoms with Crippen molar-refractivity contribution in [2.45, 2.75) is 71.7 Å². The molecule has 0 bridgehead atoms. The topological polar surface area (TPSA) is 55.8 Å². The number of halogens is 2. The minimum absolute atomic E-state index is 0.0261. The lowest BCUT2D eigenvalue weighted by Crippen LogP contribution is -2.43. The lowest BCUT2D eigenvalue weighted by molar-refractivity contribution is -0.140. The number of carbonyl (C=O) groups excluding carboxylic acids is 1. The molecule has 3 rings (SSSR count). The van der Waals surface area contributed by atoms with E-state index in [1.165, 1.54) is 0 Å². The molecule has 220 valence electrons. The van der Waals surface area contributed by atoms with Gasteiger partial charge in [-0.15, -0.1) is 0 Å². The molecule has 0 saturated heterocycles. The second kappa shape index (κ2) is 15.1. The molecule has 0 aliphatic heterocycles. The van der Waals surface area contributed by atoms with Crippen LogP contribution in [-0.2, 0) is 16.1 Å². The highest BCUT2D eigenvalue weighted by Crippen LogP contribution is 2.31. The van der Waals surface area contributed by atoms with E-state index in [-0.39, 0.29) is 18.8 Å². The van der Waals surface area contributed by atoms with Crippen molar-refractivity contribution >= 4 is 19.2 Å². The fourth-order valence-corrected chi connectivity index (χ4v) is 7.49. The molecule has 0 aromatic heterocycles. The van der Waals surface area contributed by atoms with Crippen molar-refractivity contribution in [2.24, 2.45) is 0 Å². The van der Waals surface area contributed by atoms with Gasteiger partial charge in [0.25, 0.3) is 0 Å². The van der Waals surface area contributed by atoms with Crippen LogP contribution in [0, 0.1) is 11.6 Å². The number of aliphatic hydroxyl groups is 1. The maximum absolute atomic E-state index is 15.3. The Bertz CT molecular complexity index is 1340. The number of unbranched alkanes of at least 4 members (excludes halogenated alkanes) is 3. The molecule has 3 aromatic rings. The SMILES string of the molecule is C=C(C)C(=O)OCc1cc(-c2ccc(-c3ccc([Si](C)(C)CCCC)c(F)c3F)cc2)ccc1OCCCCCO. The predicted molar refractivity (Wildman–Crippen MR) is 165 cm³/mol. The highest BCUT2D eigenvalue weighted by atomic mass is 28.3. The van der Waals surface area contributed by atoms with Gasteiger partial charge in [-0.2, -0.15) is 0 Å². The summed E-state index contributed by atoms with van der Waals surface area (Å²) in [5, 5.41) is 9.52. The summed E-state index contributed by atoms with van der Waals surface area (Å²) in [5.41, 5.74) is 3.62. The first-order valence-corrected chi connectivity index (χ1v) is 17.6. The highest BCUT2D eigenvalue weighted by Gasteiger charge is 2.28. The fraction of sp³-hybridized carbons (Fsp3) is 0.382. The third-order valence-corrected chi connectivity index (χ3v) is 10.8. The maximum atomic E-state index is 15.3. The second-order valence-corrected chi connectivity index (χ2v) is 16.0. The van der Waals surface area contributed by atoms with Crippen LogP contribution in [0.15, 0.2) is 66.7 Å². The third kappa shape index (κ3) is 8.60. The van der Waals surface area contributed by atoms with E-state index in [9.17, 15) is 4.79 Å². The molecule has 0 unspecified atom stereocenters. The normalized spacial score (nSPS) is 11.4. The summed E-state index contributed by atoms with van der Waals surface area (Å²) in [4.78, 5) is 12.0. The van der Waals surface area contributed by atoms with Gasteiger partial charge in [-0.3, -0.25) is 0 Å². The summed E-state index contributed by atoms with van der Waals surface area (Å²) in [7, 11) is -2.07. The minimum atomic E-state index is -2.07. The summed E-state index contributed by atoms with van der Waals surface area (Å²) in [6, 6.07) is 17.4. The van der Waals surface area contributed by atoms with Gasteiger partial charge in [-0.25, -0.2) is 13.6 Å². The number of aliphatic hydroxyl groups excluding tert-OH is 1. The smallest absolute Gasteiger partial charge is 0.333 e. The zero-order valence-corrected chi connectivity index (χ0v) is 25.7. The van der Waals surface area contributed by atoms with Gasteiger partial charge in [0, 0.05) is 23.3 Å². The van der Waals surface area contributed by atoms with Crippen LogP contribution in [0.25, 0.3) is 22.3 Å². The summed E-state index contributed by atoms with van der Waals surface area (Å²) in [5.74, 6) is -1.38. The van der Waals surface area contributed by atoms with Crippen LogP contribution >= 0.6 is 0 Å². The Labute approximate surface area is 244 Å². The van der Waals surface area contributed by atoms with Gasteiger partial charge in [0.05, 0.1) is 14.7 Å². The summed E-state index contributed by atoms with van der Waals surface area (Å²) < 4.78 is 41.8. The number of ether oxygens (including phenoxy) is 2. The number of rotatable bonds is 15. The van der Waals surface area contributed by atoms with Crippen LogP contribution in [0.5, 0.6) is 5.75 Å². The maximum Gasteiger partial charge on any atom is 0.333 e. The van der Waals surface area contributed by atoms with Gasteiger partial charge in [0.1, 0.15) is 12.4 Å². The van der Waals surface area contributed by atoms with E-state index >= 15 is 8.78 Å². The van der Waals surface area contributed by atoms with Crippen molar-refractivity contribution in [3.63, 3.8) is 0 Å². The molecule has 0 aliphatic carbocycles. The number of hydrogen-bond acceptors (Lipinski definition) is 4. The highest BCUT2D eigenvalue weighted by molar-refractivity contribution is 6.89. The molecule has 0 amide bonds. The lowest BCUT2D eigenvalue weighted by atomic mass is 9.98. The molecule has 0 aliphatic rings. The molecule has 0 fully saturated rings. The summed E-state index contributed by atoms with van der Waals surface area (Å²) in [6.07, 6.45) is 4.42. The number of hydrogen-bond donors (Lipinski definition) is 1. The quantitative estimate of drug-likeness (QED) is 0.0853. The van der Waals surface area contributed by atoms with E-state index < -0.39 is 25.7 Å². The number of carbonyl (C=O) groups is 1. The zero-order valence-electron chi connectivity index (χ0n) is 24.7. The van der Waals surface area contributed by atoms with E-state index in [0.29, 0.717) is 34.2 Å². The predicted octanol–water partition coefficient (Wildman–Crippen LogP) is 8.18. The minimum Gasteiger partial charge on any atom is -0.493 e. The first-order chi connectivity index (χ1) is 19.6. The molecular formula is C34H42F2O4Si. The molecule has 0 spiro atoms. The van der Waals surface area contributed by atoms with E-state index in [1.54, 1.807) is 31.2 Å². The molecule has 41 heavy (non-hydrogen) atoms. The third-order valence-electron chi connectivity index (χ3n) is 7.32. The van der Waals surface area contributed by atoms with Crippen LogP contribution in [-0.4, -0.2) is 32.4 Å². The molecule has 3 aromatic carbocycles. The first kappa shape index (κ1) is 32.2. The van der Waals surface area contributed by atoms with Gasteiger partial charge in [-0.05, 0) is 60.2 Å². The Balaban J connectivity index is 1.85. The first-order valence-electron chi connectivity index (χ1n) is 14.4. The standard InChI is InChI=1S/C34H42F2O4Si/c1-6-7-21-41(4,5)31-18-16-29(32(35)33(31)36)26-13-11-25(12-14-26)27-15-17-30(39-20-10-8-9-19-37)28(22-27)23-40-34(38)24(2)3/h11-18,22,37H,2,6-10,19-21,23H2,1,3-5H3. The van der Waals surface area contributed by atoms with E-state index in [1.807, 2.05) is 30.3 Å². The van der Waals surface area contributed by atoms with Crippen molar-refractivity contribution in [1.82, 2.24) is 0 Å². The molecule has 0 saturated carbocycles.